The average molecular weight is 502 g/mol. The number of carbonyl (C=O) groups excluding carboxylic acids is 4. The molecule has 1 heterocycles. The molecular formula is C23H17Cl2N3O6. The van der Waals surface area contributed by atoms with Crippen LogP contribution in [0.3, 0.4) is 0 Å². The molecular weight excluding hydrogens is 485 g/mol. The maximum absolute atomic E-state index is 13.5. The van der Waals surface area contributed by atoms with Crippen LogP contribution >= 0.6 is 23.2 Å². The number of rotatable bonds is 6. The topological polar surface area (TPSA) is 118 Å². The molecule has 9 nitrogen and oxygen atoms in total. The zero-order valence-corrected chi connectivity index (χ0v) is 19.0. The van der Waals surface area contributed by atoms with Gasteiger partial charge in [-0.15, -0.1) is 0 Å². The molecule has 0 aromatic heterocycles. The van der Waals surface area contributed by atoms with Crippen LogP contribution in [0.5, 0.6) is 0 Å². The van der Waals surface area contributed by atoms with Crippen molar-refractivity contribution in [3.05, 3.63) is 85.9 Å². The van der Waals surface area contributed by atoms with E-state index in [0.29, 0.717) is 12.8 Å². The number of allylic oxidation sites excluding steroid dienone is 2. The molecule has 0 unspecified atom stereocenters. The van der Waals surface area contributed by atoms with Gasteiger partial charge >= 0.3 is 0 Å². The first-order valence-corrected chi connectivity index (χ1v) is 11.0. The number of hydrogen-bond acceptors (Lipinski definition) is 6. The Morgan fingerprint density at radius 2 is 1.59 bits per heavy atom. The SMILES string of the molecule is O=C(CN(C(=O)c1ccc(Cl)cc1Cl)N1C(=O)[C@@H]2CC=CC[C@H]2C1=O)c1ccc([N+](=O)[O-])cc1. The van der Waals surface area contributed by atoms with E-state index in [4.69, 9.17) is 23.2 Å². The van der Waals surface area contributed by atoms with Gasteiger partial charge in [-0.3, -0.25) is 29.3 Å². The van der Waals surface area contributed by atoms with Crippen LogP contribution in [0.1, 0.15) is 33.6 Å². The molecule has 0 spiro atoms. The van der Waals surface area contributed by atoms with Crippen molar-refractivity contribution in [3.63, 3.8) is 0 Å². The Morgan fingerprint density at radius 3 is 2.12 bits per heavy atom. The number of nitrogens with zero attached hydrogens (tertiary/aromatic N) is 3. The Kier molecular flexibility index (Phi) is 6.49. The lowest BCUT2D eigenvalue weighted by molar-refractivity contribution is -0.384. The lowest BCUT2D eigenvalue weighted by atomic mass is 9.85. The van der Waals surface area contributed by atoms with Crippen LogP contribution in [0.25, 0.3) is 0 Å². The Balaban J connectivity index is 1.70. The van der Waals surface area contributed by atoms with Crippen LogP contribution in [-0.4, -0.2) is 45.0 Å². The third kappa shape index (κ3) is 4.32. The van der Waals surface area contributed by atoms with Crippen LogP contribution in [0.2, 0.25) is 10.0 Å². The minimum atomic E-state index is -0.828. The Hall–Kier alpha value is -3.56. The molecule has 0 bridgehead atoms. The first-order chi connectivity index (χ1) is 16.2. The molecule has 1 aliphatic carbocycles. The summed E-state index contributed by atoms with van der Waals surface area (Å²) in [7, 11) is 0. The van der Waals surface area contributed by atoms with Gasteiger partial charge in [0.05, 0.1) is 27.3 Å². The van der Waals surface area contributed by atoms with Gasteiger partial charge in [0.2, 0.25) is 0 Å². The predicted molar refractivity (Wildman–Crippen MR) is 122 cm³/mol. The zero-order chi connectivity index (χ0) is 24.6. The van der Waals surface area contributed by atoms with Crippen molar-refractivity contribution in [1.29, 1.82) is 0 Å². The molecule has 174 valence electrons. The molecule has 1 aliphatic heterocycles. The Bertz CT molecular complexity index is 1220. The highest BCUT2D eigenvalue weighted by Gasteiger charge is 2.51. The third-order valence-electron chi connectivity index (χ3n) is 5.82. The van der Waals surface area contributed by atoms with Gasteiger partial charge in [-0.1, -0.05) is 35.4 Å². The molecule has 0 saturated carbocycles. The molecule has 3 amide bonds. The number of Topliss-reactive ketones (excluding diaryl/α,β-unsaturated/α-hetero) is 1. The van der Waals surface area contributed by atoms with E-state index in [1.807, 2.05) is 0 Å². The maximum atomic E-state index is 13.5. The third-order valence-corrected chi connectivity index (χ3v) is 6.36. The molecule has 2 aromatic carbocycles. The minimum Gasteiger partial charge on any atom is -0.292 e. The molecule has 2 aliphatic rings. The number of nitro benzene ring substituents is 1. The molecule has 2 atom stereocenters. The van der Waals surface area contributed by atoms with Gasteiger partial charge in [0.25, 0.3) is 23.4 Å². The highest BCUT2D eigenvalue weighted by atomic mass is 35.5. The van der Waals surface area contributed by atoms with E-state index < -0.39 is 46.8 Å². The number of ketones is 1. The highest BCUT2D eigenvalue weighted by Crippen LogP contribution is 2.36. The zero-order valence-electron chi connectivity index (χ0n) is 17.5. The second-order valence-corrected chi connectivity index (χ2v) is 8.70. The molecule has 4 rings (SSSR count). The van der Waals surface area contributed by atoms with E-state index in [-0.39, 0.29) is 26.9 Å². The van der Waals surface area contributed by atoms with Crippen LogP contribution in [-0.2, 0) is 9.59 Å². The van der Waals surface area contributed by atoms with Crippen molar-refractivity contribution in [2.24, 2.45) is 11.8 Å². The Labute approximate surface area is 203 Å². The summed E-state index contributed by atoms with van der Waals surface area (Å²) >= 11 is 12.1. The highest BCUT2D eigenvalue weighted by molar-refractivity contribution is 6.36. The first kappa shape index (κ1) is 23.6. The standard InChI is InChI=1S/C23H17Cl2N3O6/c24-14-7-10-18(19(25)11-14)21(30)26(12-20(29)13-5-8-15(9-6-13)28(33)34)27-22(31)16-3-1-2-4-17(16)23(27)32/h1-2,5-11,16-17H,3-4,12H2/t16-,17-/m1/s1. The summed E-state index contributed by atoms with van der Waals surface area (Å²) in [4.78, 5) is 63.0. The van der Waals surface area contributed by atoms with Crippen LogP contribution in [0.15, 0.2) is 54.6 Å². The van der Waals surface area contributed by atoms with E-state index >= 15 is 0 Å². The number of hydrazine groups is 1. The lowest BCUT2D eigenvalue weighted by Crippen LogP contribution is -2.52. The smallest absolute Gasteiger partial charge is 0.274 e. The second-order valence-electron chi connectivity index (χ2n) is 7.86. The van der Waals surface area contributed by atoms with E-state index in [9.17, 15) is 29.3 Å². The number of carbonyl (C=O) groups is 4. The van der Waals surface area contributed by atoms with Gasteiger partial charge in [-0.05, 0) is 43.2 Å². The molecule has 0 radical (unpaired) electrons. The number of halogens is 2. The summed E-state index contributed by atoms with van der Waals surface area (Å²) < 4.78 is 0. The summed E-state index contributed by atoms with van der Waals surface area (Å²) in [6.07, 6.45) is 4.32. The summed E-state index contributed by atoms with van der Waals surface area (Å²) in [6, 6.07) is 8.91. The molecule has 34 heavy (non-hydrogen) atoms. The fourth-order valence-electron chi connectivity index (χ4n) is 4.05. The fourth-order valence-corrected chi connectivity index (χ4v) is 4.54. The van der Waals surface area contributed by atoms with Crippen molar-refractivity contribution >= 4 is 52.4 Å². The van der Waals surface area contributed by atoms with Crippen LogP contribution < -0.4 is 0 Å². The largest absolute Gasteiger partial charge is 0.292 e. The van der Waals surface area contributed by atoms with E-state index in [1.54, 1.807) is 12.2 Å². The molecule has 1 fully saturated rings. The van der Waals surface area contributed by atoms with Gasteiger partial charge in [-0.25, -0.2) is 5.01 Å². The predicted octanol–water partition coefficient (Wildman–Crippen LogP) is 4.09. The number of amides is 3. The van der Waals surface area contributed by atoms with Crippen LogP contribution in [0.4, 0.5) is 5.69 Å². The number of hydrogen-bond donors (Lipinski definition) is 0. The van der Waals surface area contributed by atoms with Gasteiger partial charge in [0.1, 0.15) is 6.54 Å². The van der Waals surface area contributed by atoms with E-state index in [2.05, 4.69) is 0 Å². The van der Waals surface area contributed by atoms with E-state index in [1.165, 1.54) is 30.3 Å². The van der Waals surface area contributed by atoms with Crippen molar-refractivity contribution in [2.75, 3.05) is 6.54 Å². The van der Waals surface area contributed by atoms with Gasteiger partial charge < -0.3 is 0 Å². The monoisotopic (exact) mass is 501 g/mol. The number of non-ortho nitro benzene ring substituents is 1. The first-order valence-electron chi connectivity index (χ1n) is 10.3. The van der Waals surface area contributed by atoms with Gasteiger partial charge in [0, 0.05) is 22.7 Å². The number of nitro groups is 1. The number of benzene rings is 2. The summed E-state index contributed by atoms with van der Waals surface area (Å²) in [6.45, 7) is -0.653. The average Bonchev–Trinajstić information content (AvgIpc) is 3.07. The molecule has 0 N–H and O–H groups in total. The number of fused-ring (bicyclic) bond motifs is 1. The van der Waals surface area contributed by atoms with Gasteiger partial charge in [-0.2, -0.15) is 5.01 Å². The number of imide groups is 1. The van der Waals surface area contributed by atoms with Gasteiger partial charge in [0.15, 0.2) is 5.78 Å². The second kappa shape index (κ2) is 9.36. The molecule has 11 heteroatoms. The minimum absolute atomic E-state index is 0.0107. The molecule has 2 aromatic rings. The van der Waals surface area contributed by atoms with Crippen molar-refractivity contribution in [1.82, 2.24) is 10.0 Å². The molecule has 1 saturated heterocycles. The van der Waals surface area contributed by atoms with Crippen LogP contribution in [0, 0.1) is 22.0 Å². The summed E-state index contributed by atoms with van der Waals surface area (Å²) in [5.74, 6) is -3.85. The van der Waals surface area contributed by atoms with Crippen molar-refractivity contribution < 1.29 is 24.1 Å². The Morgan fingerprint density at radius 1 is 1.00 bits per heavy atom. The van der Waals surface area contributed by atoms with E-state index in [0.717, 1.165) is 22.2 Å². The summed E-state index contributed by atoms with van der Waals surface area (Å²) in [5.41, 5.74) is -0.182. The maximum Gasteiger partial charge on any atom is 0.274 e. The normalized spacial score (nSPS) is 19.2. The lowest BCUT2D eigenvalue weighted by Gasteiger charge is -2.30. The van der Waals surface area contributed by atoms with Crippen molar-refractivity contribution in [2.45, 2.75) is 12.8 Å². The summed E-state index contributed by atoms with van der Waals surface area (Å²) in [5, 5.41) is 12.7. The quantitative estimate of drug-likeness (QED) is 0.193. The fraction of sp³-hybridized carbons (Fsp3) is 0.217. The van der Waals surface area contributed by atoms with Crippen molar-refractivity contribution in [3.8, 4) is 0 Å².